The first-order valence-corrected chi connectivity index (χ1v) is 3.42. The zero-order chi connectivity index (χ0) is 5.98. The van der Waals surface area contributed by atoms with E-state index in [9.17, 15) is 0 Å². The van der Waals surface area contributed by atoms with E-state index < -0.39 is 0 Å². The van der Waals surface area contributed by atoms with Gasteiger partial charge in [-0.05, 0) is 15.9 Å². The lowest BCUT2D eigenvalue weighted by atomic mass is 10.9. The van der Waals surface area contributed by atoms with Crippen molar-refractivity contribution in [3.05, 3.63) is 21.5 Å². The van der Waals surface area contributed by atoms with E-state index in [-0.39, 0.29) is 0 Å². The Hall–Kier alpha value is -0.400. The number of halogens is 1. The van der Waals surface area contributed by atoms with Gasteiger partial charge in [0.25, 0.3) is 5.00 Å². The second kappa shape index (κ2) is 2.25. The molecule has 0 saturated carbocycles. The first-order valence-electron chi connectivity index (χ1n) is 1.81. The predicted molar refractivity (Wildman–Crippen MR) is 36.1 cm³/mol. The normalized spacial score (nSPS) is 8.50. The predicted octanol–water partition coefficient (Wildman–Crippen LogP) is 2.46. The largest absolute Gasteiger partial charge is 0.261 e. The second-order valence-corrected chi connectivity index (χ2v) is 3.35. The molecule has 0 aromatic carbocycles. The molecule has 4 heteroatoms. The van der Waals surface area contributed by atoms with Crippen molar-refractivity contribution in [2.75, 3.05) is 0 Å². The standard InChI is InChI=1S/C4HBrN2S/c1-6-3-2-7-4(5)8-3/h2H. The number of thiazole rings is 1. The van der Waals surface area contributed by atoms with Crippen LogP contribution in [0.25, 0.3) is 4.85 Å². The molecule has 0 aliphatic rings. The highest BCUT2D eigenvalue weighted by Crippen LogP contribution is 2.25. The molecule has 1 rings (SSSR count). The van der Waals surface area contributed by atoms with Crippen LogP contribution in [0.15, 0.2) is 10.1 Å². The fourth-order valence-electron chi connectivity index (χ4n) is 0.297. The van der Waals surface area contributed by atoms with Crippen molar-refractivity contribution in [1.29, 1.82) is 0 Å². The Balaban J connectivity index is 3.05. The Labute approximate surface area is 59.1 Å². The molecule has 2 nitrogen and oxygen atoms in total. The van der Waals surface area contributed by atoms with E-state index in [0.29, 0.717) is 5.00 Å². The van der Waals surface area contributed by atoms with Gasteiger partial charge in [0.05, 0.1) is 6.57 Å². The van der Waals surface area contributed by atoms with Crippen LogP contribution in [0.3, 0.4) is 0 Å². The average Bonchev–Trinajstić information content (AvgIpc) is 2.14. The van der Waals surface area contributed by atoms with Crippen LogP contribution in [0.5, 0.6) is 0 Å². The Morgan fingerprint density at radius 2 is 2.62 bits per heavy atom. The minimum atomic E-state index is 0.622. The summed E-state index contributed by atoms with van der Waals surface area (Å²) in [6.45, 7) is 6.53. The minimum Gasteiger partial charge on any atom is -0.250 e. The van der Waals surface area contributed by atoms with Gasteiger partial charge in [0.2, 0.25) is 0 Å². The zero-order valence-corrected chi connectivity index (χ0v) is 6.16. The minimum absolute atomic E-state index is 0.622. The molecule has 0 saturated heterocycles. The lowest BCUT2D eigenvalue weighted by Crippen LogP contribution is -1.48. The summed E-state index contributed by atoms with van der Waals surface area (Å²) in [5.74, 6) is 0. The number of aromatic nitrogens is 1. The Bertz CT molecular complexity index is 224. The van der Waals surface area contributed by atoms with Crippen molar-refractivity contribution in [3.63, 3.8) is 0 Å². The fraction of sp³-hybridized carbons (Fsp3) is 0. The lowest BCUT2D eigenvalue weighted by Gasteiger charge is -1.66. The molecule has 0 atom stereocenters. The highest BCUT2D eigenvalue weighted by Gasteiger charge is 1.93. The van der Waals surface area contributed by atoms with Gasteiger partial charge in [0.15, 0.2) is 0 Å². The van der Waals surface area contributed by atoms with Gasteiger partial charge in [0, 0.05) is 6.20 Å². The van der Waals surface area contributed by atoms with Crippen molar-refractivity contribution in [3.8, 4) is 0 Å². The van der Waals surface area contributed by atoms with E-state index >= 15 is 0 Å². The third-order valence-electron chi connectivity index (χ3n) is 0.575. The first-order chi connectivity index (χ1) is 3.83. The highest BCUT2D eigenvalue weighted by molar-refractivity contribution is 9.11. The molecule has 1 aromatic heterocycles. The lowest BCUT2D eigenvalue weighted by molar-refractivity contribution is 1.38. The molecule has 0 radical (unpaired) electrons. The maximum absolute atomic E-state index is 6.53. The summed E-state index contributed by atoms with van der Waals surface area (Å²) in [6.07, 6.45) is 1.54. The van der Waals surface area contributed by atoms with Gasteiger partial charge in [-0.3, -0.25) is 4.98 Å². The fourth-order valence-corrected chi connectivity index (χ4v) is 1.33. The molecule has 0 fully saturated rings. The number of hydrogen-bond donors (Lipinski definition) is 0. The molecule has 1 heterocycles. The summed E-state index contributed by atoms with van der Waals surface area (Å²) in [7, 11) is 0. The van der Waals surface area contributed by atoms with Crippen LogP contribution >= 0.6 is 27.3 Å². The van der Waals surface area contributed by atoms with Crippen molar-refractivity contribution in [2.45, 2.75) is 0 Å². The first kappa shape index (κ1) is 5.73. The molecule has 0 unspecified atom stereocenters. The Kier molecular flexibility index (Phi) is 1.61. The van der Waals surface area contributed by atoms with Gasteiger partial charge in [-0.2, -0.15) is 0 Å². The maximum atomic E-state index is 6.53. The summed E-state index contributed by atoms with van der Waals surface area (Å²) in [4.78, 5) is 6.98. The van der Waals surface area contributed by atoms with Gasteiger partial charge >= 0.3 is 0 Å². The van der Waals surface area contributed by atoms with E-state index in [4.69, 9.17) is 6.57 Å². The van der Waals surface area contributed by atoms with E-state index in [0.717, 1.165) is 3.92 Å². The third-order valence-corrected chi connectivity index (χ3v) is 1.95. The summed E-state index contributed by atoms with van der Waals surface area (Å²) in [6, 6.07) is 0. The monoisotopic (exact) mass is 188 g/mol. The Morgan fingerprint density at radius 1 is 1.88 bits per heavy atom. The van der Waals surface area contributed by atoms with Crippen LogP contribution in [0.4, 0.5) is 5.00 Å². The second-order valence-electron chi connectivity index (χ2n) is 1.06. The van der Waals surface area contributed by atoms with Gasteiger partial charge < -0.3 is 0 Å². The molecule has 0 aliphatic carbocycles. The number of hydrogen-bond acceptors (Lipinski definition) is 2. The van der Waals surface area contributed by atoms with Crippen molar-refractivity contribution < 1.29 is 0 Å². The molecule has 0 amide bonds. The van der Waals surface area contributed by atoms with Crippen molar-refractivity contribution in [1.82, 2.24) is 4.98 Å². The van der Waals surface area contributed by atoms with Crippen LogP contribution in [0.2, 0.25) is 0 Å². The number of nitrogens with zero attached hydrogens (tertiary/aromatic N) is 2. The van der Waals surface area contributed by atoms with Gasteiger partial charge in [-0.25, -0.2) is 4.85 Å². The summed E-state index contributed by atoms with van der Waals surface area (Å²) < 4.78 is 0.767. The smallest absolute Gasteiger partial charge is 0.250 e. The molecule has 0 bridgehead atoms. The van der Waals surface area contributed by atoms with E-state index in [2.05, 4.69) is 25.8 Å². The molecule has 40 valence electrons. The van der Waals surface area contributed by atoms with E-state index in [1.807, 2.05) is 0 Å². The Morgan fingerprint density at radius 3 is 2.88 bits per heavy atom. The highest BCUT2D eigenvalue weighted by atomic mass is 79.9. The van der Waals surface area contributed by atoms with Crippen LogP contribution in [0.1, 0.15) is 0 Å². The quantitative estimate of drug-likeness (QED) is 0.573. The molecule has 0 spiro atoms. The summed E-state index contributed by atoms with van der Waals surface area (Å²) >= 11 is 4.48. The third kappa shape index (κ3) is 1.05. The molecular weight excluding hydrogens is 188 g/mol. The topological polar surface area (TPSA) is 17.2 Å². The summed E-state index contributed by atoms with van der Waals surface area (Å²) in [5, 5.41) is 0.622. The van der Waals surface area contributed by atoms with Crippen molar-refractivity contribution >= 4 is 32.3 Å². The SMILES string of the molecule is [C-]#[N+]c1cnc(Br)s1. The van der Waals surface area contributed by atoms with Crippen LogP contribution in [-0.4, -0.2) is 4.98 Å². The zero-order valence-electron chi connectivity index (χ0n) is 3.76. The molecular formula is C4HBrN2S. The molecule has 1 aromatic rings. The molecule has 0 aliphatic heterocycles. The number of rotatable bonds is 0. The van der Waals surface area contributed by atoms with Gasteiger partial charge in [-0.1, -0.05) is 0 Å². The molecule has 8 heavy (non-hydrogen) atoms. The van der Waals surface area contributed by atoms with Crippen molar-refractivity contribution in [2.24, 2.45) is 0 Å². The van der Waals surface area contributed by atoms with Crippen LogP contribution in [0, 0.1) is 6.57 Å². The average molecular weight is 189 g/mol. The van der Waals surface area contributed by atoms with Crippen LogP contribution < -0.4 is 0 Å². The molecule has 0 N–H and O–H groups in total. The summed E-state index contributed by atoms with van der Waals surface area (Å²) in [5.41, 5.74) is 0. The van der Waals surface area contributed by atoms with Gasteiger partial charge in [-0.15, -0.1) is 11.3 Å². The van der Waals surface area contributed by atoms with E-state index in [1.165, 1.54) is 11.3 Å². The van der Waals surface area contributed by atoms with Crippen LogP contribution in [-0.2, 0) is 0 Å². The van der Waals surface area contributed by atoms with E-state index in [1.54, 1.807) is 6.20 Å². The van der Waals surface area contributed by atoms with Gasteiger partial charge in [0.1, 0.15) is 3.92 Å². The maximum Gasteiger partial charge on any atom is 0.261 e.